The van der Waals surface area contributed by atoms with Crippen LogP contribution in [0, 0.1) is 5.92 Å². The lowest BCUT2D eigenvalue weighted by Crippen LogP contribution is -2.35. The number of nitrogens with one attached hydrogen (secondary N) is 1. The minimum atomic E-state index is -3.55. The largest absolute Gasteiger partial charge is 0.493 e. The minimum Gasteiger partial charge on any atom is -0.493 e. The average Bonchev–Trinajstić information content (AvgIpc) is 2.71. The predicted octanol–water partition coefficient (Wildman–Crippen LogP) is 2.70. The van der Waals surface area contributed by atoms with Crippen LogP contribution in [0.15, 0.2) is 53.4 Å². The van der Waals surface area contributed by atoms with E-state index in [1.54, 1.807) is 19.2 Å². The van der Waals surface area contributed by atoms with Crippen LogP contribution in [0.5, 0.6) is 5.75 Å². The van der Waals surface area contributed by atoms with Gasteiger partial charge in [-0.25, -0.2) is 8.42 Å². The van der Waals surface area contributed by atoms with E-state index in [-0.39, 0.29) is 22.8 Å². The van der Waals surface area contributed by atoms with E-state index in [4.69, 9.17) is 4.74 Å². The Bertz CT molecular complexity index is 939. The molecule has 7 heteroatoms. The normalized spacial score (nSPS) is 16.5. The molecule has 28 heavy (non-hydrogen) atoms. The van der Waals surface area contributed by atoms with E-state index in [0.29, 0.717) is 18.7 Å². The number of amides is 1. The van der Waals surface area contributed by atoms with Crippen molar-refractivity contribution in [2.45, 2.75) is 31.2 Å². The van der Waals surface area contributed by atoms with Crippen molar-refractivity contribution in [1.29, 1.82) is 0 Å². The van der Waals surface area contributed by atoms with E-state index < -0.39 is 10.0 Å². The van der Waals surface area contributed by atoms with Crippen LogP contribution in [0.1, 0.15) is 29.8 Å². The summed E-state index contributed by atoms with van der Waals surface area (Å²) in [6.07, 6.45) is 0.856. The molecule has 0 radical (unpaired) electrons. The topological polar surface area (TPSA) is 75.7 Å². The Labute approximate surface area is 166 Å². The molecular weight excluding hydrogens is 376 g/mol. The Balaban J connectivity index is 1.60. The molecule has 0 saturated heterocycles. The van der Waals surface area contributed by atoms with E-state index in [1.807, 2.05) is 38.1 Å². The molecular formula is C21H26N2O4S. The van der Waals surface area contributed by atoms with Crippen LogP contribution in [0.4, 0.5) is 0 Å². The first-order valence-electron chi connectivity index (χ1n) is 9.36. The van der Waals surface area contributed by atoms with Crippen molar-refractivity contribution < 1.29 is 17.9 Å². The Morgan fingerprint density at radius 3 is 2.54 bits per heavy atom. The number of carbonyl (C=O) groups excluding carboxylic acids is 1. The summed E-state index contributed by atoms with van der Waals surface area (Å²) in [5, 5.41) is 2.92. The highest BCUT2D eigenvalue weighted by molar-refractivity contribution is 7.89. The third kappa shape index (κ3) is 4.36. The molecule has 1 aliphatic rings. The number of ether oxygens (including phenoxy) is 1. The van der Waals surface area contributed by atoms with Crippen LogP contribution < -0.4 is 10.1 Å². The summed E-state index contributed by atoms with van der Waals surface area (Å²) < 4.78 is 32.1. The zero-order valence-electron chi connectivity index (χ0n) is 16.4. The fourth-order valence-corrected chi connectivity index (χ4v) is 4.45. The van der Waals surface area contributed by atoms with Crippen molar-refractivity contribution in [3.05, 3.63) is 59.7 Å². The second-order valence-corrected chi connectivity index (χ2v) is 9.34. The zero-order valence-corrected chi connectivity index (χ0v) is 17.2. The zero-order chi connectivity index (χ0) is 20.3. The van der Waals surface area contributed by atoms with Crippen LogP contribution in [0.2, 0.25) is 0 Å². The van der Waals surface area contributed by atoms with Gasteiger partial charge >= 0.3 is 0 Å². The Morgan fingerprint density at radius 1 is 1.18 bits per heavy atom. The Hall–Kier alpha value is -2.38. The highest BCUT2D eigenvalue weighted by atomic mass is 32.2. The number of hydrogen-bond donors (Lipinski definition) is 1. The molecule has 0 aromatic heterocycles. The summed E-state index contributed by atoms with van der Waals surface area (Å²) in [5.41, 5.74) is 1.58. The first kappa shape index (κ1) is 20.4. The van der Waals surface area contributed by atoms with Crippen molar-refractivity contribution >= 4 is 15.9 Å². The number of para-hydroxylation sites is 1. The SMILES string of the molecule is CC(C)N(C)S(=O)(=O)c1ccc(C(=O)NCC2COc3ccccc3C2)cc1. The van der Waals surface area contributed by atoms with Crippen molar-refractivity contribution in [3.63, 3.8) is 0 Å². The van der Waals surface area contributed by atoms with E-state index in [9.17, 15) is 13.2 Å². The molecule has 1 unspecified atom stereocenters. The van der Waals surface area contributed by atoms with Gasteiger partial charge in [0.15, 0.2) is 0 Å². The number of sulfonamides is 1. The molecule has 1 amide bonds. The fraction of sp³-hybridized carbons (Fsp3) is 0.381. The van der Waals surface area contributed by atoms with Gasteiger partial charge in [-0.15, -0.1) is 0 Å². The quantitative estimate of drug-likeness (QED) is 0.806. The molecule has 2 aromatic rings. The molecule has 1 N–H and O–H groups in total. The lowest BCUT2D eigenvalue weighted by atomic mass is 9.96. The third-order valence-corrected chi connectivity index (χ3v) is 7.08. The fourth-order valence-electron chi connectivity index (χ4n) is 3.08. The van der Waals surface area contributed by atoms with Gasteiger partial charge in [-0.3, -0.25) is 4.79 Å². The van der Waals surface area contributed by atoms with Crippen LogP contribution in [0.3, 0.4) is 0 Å². The average molecular weight is 403 g/mol. The summed E-state index contributed by atoms with van der Waals surface area (Å²) >= 11 is 0. The number of carbonyl (C=O) groups is 1. The third-order valence-electron chi connectivity index (χ3n) is 5.03. The van der Waals surface area contributed by atoms with Gasteiger partial charge in [0.05, 0.1) is 11.5 Å². The van der Waals surface area contributed by atoms with E-state index >= 15 is 0 Å². The lowest BCUT2D eigenvalue weighted by Gasteiger charge is -2.25. The lowest BCUT2D eigenvalue weighted by molar-refractivity contribution is 0.0939. The second-order valence-electron chi connectivity index (χ2n) is 7.34. The van der Waals surface area contributed by atoms with Gasteiger partial charge in [0.1, 0.15) is 5.75 Å². The summed E-state index contributed by atoms with van der Waals surface area (Å²) in [7, 11) is -2.01. The van der Waals surface area contributed by atoms with Gasteiger partial charge in [-0.05, 0) is 56.2 Å². The second kappa shape index (κ2) is 8.32. The standard InChI is InChI=1S/C21H26N2O4S/c1-15(2)23(3)28(25,26)19-10-8-17(9-11-19)21(24)22-13-16-12-18-6-4-5-7-20(18)27-14-16/h4-11,15-16H,12-14H2,1-3H3,(H,22,24). The number of nitrogens with zero attached hydrogens (tertiary/aromatic N) is 1. The molecule has 1 heterocycles. The van der Waals surface area contributed by atoms with Gasteiger partial charge in [-0.1, -0.05) is 18.2 Å². The number of fused-ring (bicyclic) bond motifs is 1. The van der Waals surface area contributed by atoms with Crippen molar-refractivity contribution in [1.82, 2.24) is 9.62 Å². The van der Waals surface area contributed by atoms with Gasteiger partial charge in [-0.2, -0.15) is 4.31 Å². The first-order valence-corrected chi connectivity index (χ1v) is 10.8. The first-order chi connectivity index (χ1) is 13.3. The maximum atomic E-state index is 12.5. The number of hydrogen-bond acceptors (Lipinski definition) is 4. The van der Waals surface area contributed by atoms with Gasteiger partial charge in [0, 0.05) is 31.1 Å². The van der Waals surface area contributed by atoms with E-state index in [0.717, 1.165) is 17.7 Å². The maximum absolute atomic E-state index is 12.5. The van der Waals surface area contributed by atoms with Crippen molar-refractivity contribution in [2.24, 2.45) is 5.92 Å². The number of benzene rings is 2. The van der Waals surface area contributed by atoms with Crippen molar-refractivity contribution in [3.8, 4) is 5.75 Å². The molecule has 6 nitrogen and oxygen atoms in total. The monoisotopic (exact) mass is 402 g/mol. The van der Waals surface area contributed by atoms with Crippen LogP contribution >= 0.6 is 0 Å². The molecule has 0 bridgehead atoms. The highest BCUT2D eigenvalue weighted by Gasteiger charge is 2.24. The molecule has 150 valence electrons. The minimum absolute atomic E-state index is 0.143. The molecule has 0 saturated carbocycles. The molecule has 0 fully saturated rings. The van der Waals surface area contributed by atoms with Gasteiger partial charge < -0.3 is 10.1 Å². The molecule has 1 aliphatic heterocycles. The van der Waals surface area contributed by atoms with Gasteiger partial charge in [0.25, 0.3) is 5.91 Å². The summed E-state index contributed by atoms with van der Waals surface area (Å²) in [6, 6.07) is 13.8. The Morgan fingerprint density at radius 2 is 1.86 bits per heavy atom. The van der Waals surface area contributed by atoms with Crippen LogP contribution in [-0.4, -0.2) is 44.9 Å². The van der Waals surface area contributed by atoms with Crippen molar-refractivity contribution in [2.75, 3.05) is 20.2 Å². The van der Waals surface area contributed by atoms with Crippen LogP contribution in [-0.2, 0) is 16.4 Å². The predicted molar refractivity (Wildman–Crippen MR) is 108 cm³/mol. The van der Waals surface area contributed by atoms with Gasteiger partial charge in [0.2, 0.25) is 10.0 Å². The molecule has 1 atom stereocenters. The maximum Gasteiger partial charge on any atom is 0.251 e. The van der Waals surface area contributed by atoms with E-state index in [1.165, 1.54) is 16.4 Å². The molecule has 3 rings (SSSR count). The molecule has 0 aliphatic carbocycles. The summed E-state index contributed by atoms with van der Waals surface area (Å²) in [6.45, 7) is 4.69. The Kier molecular flexibility index (Phi) is 6.05. The molecule has 2 aromatic carbocycles. The van der Waals surface area contributed by atoms with E-state index in [2.05, 4.69) is 5.32 Å². The number of rotatable bonds is 6. The highest BCUT2D eigenvalue weighted by Crippen LogP contribution is 2.26. The summed E-state index contributed by atoms with van der Waals surface area (Å²) in [4.78, 5) is 12.6. The summed E-state index contributed by atoms with van der Waals surface area (Å²) in [5.74, 6) is 0.895. The molecule has 0 spiro atoms. The van der Waals surface area contributed by atoms with Crippen LogP contribution in [0.25, 0.3) is 0 Å². The smallest absolute Gasteiger partial charge is 0.251 e.